The quantitative estimate of drug-likeness (QED) is 0.870. The van der Waals surface area contributed by atoms with Gasteiger partial charge in [0.15, 0.2) is 0 Å². The van der Waals surface area contributed by atoms with Crippen LogP contribution in [0.4, 0.5) is 0 Å². The third kappa shape index (κ3) is 4.27. The van der Waals surface area contributed by atoms with Crippen LogP contribution in [0.5, 0.6) is 0 Å². The highest BCUT2D eigenvalue weighted by Gasteiger charge is 2.31. The van der Waals surface area contributed by atoms with Gasteiger partial charge in [-0.05, 0) is 77.0 Å². The second-order valence-corrected chi connectivity index (χ2v) is 9.43. The Balaban J connectivity index is 1.66. The lowest BCUT2D eigenvalue weighted by molar-refractivity contribution is 0.0916. The molecule has 1 amide bonds. The Kier molecular flexibility index (Phi) is 5.99. The van der Waals surface area contributed by atoms with E-state index < -0.39 is 10.0 Å². The lowest BCUT2D eigenvalue weighted by atomic mass is 10.0. The van der Waals surface area contributed by atoms with Crippen molar-refractivity contribution in [2.75, 3.05) is 26.7 Å². The van der Waals surface area contributed by atoms with Crippen LogP contribution < -0.4 is 5.32 Å². The number of carbonyl (C=O) groups is 1. The standard InChI is InChI=1S/C19H29N3O3S/c1-15-5-3-4-12-22(15)26(24,25)18-8-6-16(7-9-18)19(23)20-17-10-13-21(2)14-11-17/h6-9,15,17H,3-5,10-14H2,1-2H3,(H,20,23). The molecule has 1 unspecified atom stereocenters. The summed E-state index contributed by atoms with van der Waals surface area (Å²) in [5.74, 6) is -0.130. The van der Waals surface area contributed by atoms with Gasteiger partial charge in [-0.25, -0.2) is 8.42 Å². The van der Waals surface area contributed by atoms with Gasteiger partial charge in [-0.3, -0.25) is 4.79 Å². The van der Waals surface area contributed by atoms with E-state index in [-0.39, 0.29) is 22.9 Å². The maximum atomic E-state index is 12.8. The Morgan fingerprint density at radius 3 is 2.31 bits per heavy atom. The van der Waals surface area contributed by atoms with Crippen LogP contribution in [0, 0.1) is 0 Å². The number of rotatable bonds is 4. The molecule has 1 atom stereocenters. The van der Waals surface area contributed by atoms with Crippen LogP contribution in [-0.2, 0) is 10.0 Å². The van der Waals surface area contributed by atoms with Gasteiger partial charge >= 0.3 is 0 Å². The van der Waals surface area contributed by atoms with Gasteiger partial charge < -0.3 is 10.2 Å². The number of benzene rings is 1. The van der Waals surface area contributed by atoms with E-state index >= 15 is 0 Å². The lowest BCUT2D eigenvalue weighted by Crippen LogP contribution is -2.43. The summed E-state index contributed by atoms with van der Waals surface area (Å²) >= 11 is 0. The number of hydrogen-bond acceptors (Lipinski definition) is 4. The molecule has 7 heteroatoms. The summed E-state index contributed by atoms with van der Waals surface area (Å²) < 4.78 is 27.3. The molecule has 144 valence electrons. The van der Waals surface area contributed by atoms with Gasteiger partial charge in [0.2, 0.25) is 10.0 Å². The van der Waals surface area contributed by atoms with Crippen molar-refractivity contribution in [1.82, 2.24) is 14.5 Å². The average molecular weight is 380 g/mol. The normalized spacial score (nSPS) is 23.7. The van der Waals surface area contributed by atoms with Gasteiger partial charge in [0.05, 0.1) is 4.90 Å². The Morgan fingerprint density at radius 2 is 1.69 bits per heavy atom. The summed E-state index contributed by atoms with van der Waals surface area (Å²) in [4.78, 5) is 14.9. The number of nitrogens with zero attached hydrogens (tertiary/aromatic N) is 2. The molecule has 1 aromatic carbocycles. The number of hydrogen-bond donors (Lipinski definition) is 1. The van der Waals surface area contributed by atoms with E-state index in [1.165, 1.54) is 0 Å². The van der Waals surface area contributed by atoms with Crippen LogP contribution in [-0.4, -0.2) is 62.3 Å². The van der Waals surface area contributed by atoms with Gasteiger partial charge in [-0.1, -0.05) is 6.42 Å². The second-order valence-electron chi connectivity index (χ2n) is 7.54. The molecular weight excluding hydrogens is 350 g/mol. The van der Waals surface area contributed by atoms with Crippen molar-refractivity contribution >= 4 is 15.9 Å². The smallest absolute Gasteiger partial charge is 0.251 e. The minimum absolute atomic E-state index is 0.0288. The van der Waals surface area contributed by atoms with Gasteiger partial charge in [0, 0.05) is 24.2 Å². The molecule has 0 aliphatic carbocycles. The molecule has 2 saturated heterocycles. The fourth-order valence-corrected chi connectivity index (χ4v) is 5.46. The Labute approximate surface area is 156 Å². The third-order valence-corrected chi connectivity index (χ3v) is 7.55. The molecule has 0 saturated carbocycles. The molecule has 26 heavy (non-hydrogen) atoms. The molecule has 2 fully saturated rings. The van der Waals surface area contributed by atoms with Crippen molar-refractivity contribution in [2.45, 2.75) is 56.0 Å². The predicted octanol–water partition coefficient (Wildman–Crippen LogP) is 2.07. The second kappa shape index (κ2) is 8.06. The van der Waals surface area contributed by atoms with Crippen LogP contribution in [0.2, 0.25) is 0 Å². The van der Waals surface area contributed by atoms with E-state index in [9.17, 15) is 13.2 Å². The van der Waals surface area contributed by atoms with Gasteiger partial charge in [0.1, 0.15) is 0 Å². The topological polar surface area (TPSA) is 69.7 Å². The van der Waals surface area contributed by atoms with E-state index in [1.54, 1.807) is 28.6 Å². The number of nitrogens with one attached hydrogen (secondary N) is 1. The number of likely N-dealkylation sites (tertiary alicyclic amines) is 1. The molecule has 1 N–H and O–H groups in total. The summed E-state index contributed by atoms with van der Waals surface area (Å²) in [5.41, 5.74) is 0.509. The zero-order valence-electron chi connectivity index (χ0n) is 15.6. The Bertz CT molecular complexity index is 725. The summed E-state index contributed by atoms with van der Waals surface area (Å²) in [6.45, 7) is 4.49. The number of sulfonamides is 1. The van der Waals surface area contributed by atoms with Gasteiger partial charge in [-0.2, -0.15) is 4.31 Å². The first kappa shape index (κ1) is 19.3. The van der Waals surface area contributed by atoms with Crippen LogP contribution in [0.1, 0.15) is 49.4 Å². The van der Waals surface area contributed by atoms with Crippen molar-refractivity contribution in [3.05, 3.63) is 29.8 Å². The highest BCUT2D eigenvalue weighted by Crippen LogP contribution is 2.25. The van der Waals surface area contributed by atoms with Crippen molar-refractivity contribution in [3.8, 4) is 0 Å². The Morgan fingerprint density at radius 1 is 1.04 bits per heavy atom. The minimum atomic E-state index is -3.49. The SMILES string of the molecule is CC1CCCCN1S(=O)(=O)c1ccc(C(=O)NC2CCN(C)CC2)cc1. The molecule has 0 bridgehead atoms. The monoisotopic (exact) mass is 379 g/mol. The number of amides is 1. The largest absolute Gasteiger partial charge is 0.349 e. The average Bonchev–Trinajstić information content (AvgIpc) is 2.64. The van der Waals surface area contributed by atoms with E-state index in [0.717, 1.165) is 45.2 Å². The van der Waals surface area contributed by atoms with Crippen molar-refractivity contribution < 1.29 is 13.2 Å². The molecule has 0 radical (unpaired) electrons. The summed E-state index contributed by atoms with van der Waals surface area (Å²) in [5, 5.41) is 3.06. The third-order valence-electron chi connectivity index (χ3n) is 5.52. The number of carbonyl (C=O) groups excluding carboxylic acids is 1. The van der Waals surface area contributed by atoms with Crippen molar-refractivity contribution in [1.29, 1.82) is 0 Å². The summed E-state index contributed by atoms with van der Waals surface area (Å²) in [6.07, 6.45) is 4.77. The van der Waals surface area contributed by atoms with E-state index in [0.29, 0.717) is 12.1 Å². The molecule has 6 nitrogen and oxygen atoms in total. The minimum Gasteiger partial charge on any atom is -0.349 e. The van der Waals surface area contributed by atoms with Gasteiger partial charge in [0.25, 0.3) is 5.91 Å². The van der Waals surface area contributed by atoms with Crippen molar-refractivity contribution in [3.63, 3.8) is 0 Å². The van der Waals surface area contributed by atoms with Crippen LogP contribution in [0.15, 0.2) is 29.2 Å². The molecule has 3 rings (SSSR count). The summed E-state index contributed by atoms with van der Waals surface area (Å²) in [7, 11) is -1.41. The maximum Gasteiger partial charge on any atom is 0.251 e. The first-order valence-electron chi connectivity index (χ1n) is 9.49. The van der Waals surface area contributed by atoms with Crippen LogP contribution in [0.3, 0.4) is 0 Å². The molecule has 2 aliphatic rings. The van der Waals surface area contributed by atoms with Crippen LogP contribution in [0.25, 0.3) is 0 Å². The van der Waals surface area contributed by atoms with Gasteiger partial charge in [-0.15, -0.1) is 0 Å². The molecule has 2 heterocycles. The van der Waals surface area contributed by atoms with E-state index in [2.05, 4.69) is 17.3 Å². The lowest BCUT2D eigenvalue weighted by Gasteiger charge is -2.32. The highest BCUT2D eigenvalue weighted by atomic mass is 32.2. The maximum absolute atomic E-state index is 12.8. The molecule has 1 aromatic rings. The molecule has 0 aromatic heterocycles. The zero-order chi connectivity index (χ0) is 18.7. The molecular formula is C19H29N3O3S. The first-order valence-corrected chi connectivity index (χ1v) is 10.9. The highest BCUT2D eigenvalue weighted by molar-refractivity contribution is 7.89. The number of piperidine rings is 2. The Hall–Kier alpha value is -1.44. The zero-order valence-corrected chi connectivity index (χ0v) is 16.5. The predicted molar refractivity (Wildman–Crippen MR) is 102 cm³/mol. The molecule has 0 spiro atoms. The molecule has 2 aliphatic heterocycles. The fourth-order valence-electron chi connectivity index (χ4n) is 3.76. The van der Waals surface area contributed by atoms with E-state index in [1.807, 2.05) is 6.92 Å². The summed E-state index contributed by atoms with van der Waals surface area (Å²) in [6, 6.07) is 6.57. The van der Waals surface area contributed by atoms with Crippen LogP contribution >= 0.6 is 0 Å². The van der Waals surface area contributed by atoms with Crippen molar-refractivity contribution in [2.24, 2.45) is 0 Å². The van der Waals surface area contributed by atoms with E-state index in [4.69, 9.17) is 0 Å². The first-order chi connectivity index (χ1) is 12.4. The fraction of sp³-hybridized carbons (Fsp3) is 0.632.